The fourth-order valence-corrected chi connectivity index (χ4v) is 4.01. The highest BCUT2D eigenvalue weighted by Gasteiger charge is 2.25. The molecule has 146 valence electrons. The molecule has 1 aliphatic heterocycles. The third-order valence-electron chi connectivity index (χ3n) is 5.35. The Morgan fingerprint density at radius 2 is 2.03 bits per heavy atom. The molecule has 6 nitrogen and oxygen atoms in total. The predicted molar refractivity (Wildman–Crippen MR) is 114 cm³/mol. The minimum atomic E-state index is 0.614. The van der Waals surface area contributed by atoms with Crippen molar-refractivity contribution in [3.05, 3.63) is 60.6 Å². The summed E-state index contributed by atoms with van der Waals surface area (Å²) in [5, 5.41) is 6.00. The maximum Gasteiger partial charge on any atom is 0.121 e. The lowest BCUT2D eigenvalue weighted by molar-refractivity contribution is 0.314. The van der Waals surface area contributed by atoms with E-state index in [9.17, 15) is 0 Å². The summed E-state index contributed by atoms with van der Waals surface area (Å²) < 4.78 is 7.94. The number of nitrogens with two attached hydrogens (primary N) is 1. The van der Waals surface area contributed by atoms with Gasteiger partial charge in [-0.25, -0.2) is 0 Å². The molecule has 4 heterocycles. The van der Waals surface area contributed by atoms with Gasteiger partial charge in [-0.2, -0.15) is 5.10 Å². The van der Waals surface area contributed by atoms with Crippen LogP contribution in [0.15, 0.2) is 54.9 Å². The summed E-state index contributed by atoms with van der Waals surface area (Å²) in [7, 11) is 0. The molecule has 0 spiro atoms. The van der Waals surface area contributed by atoms with Gasteiger partial charge in [-0.05, 0) is 61.7 Å². The van der Waals surface area contributed by atoms with Crippen LogP contribution < -0.4 is 10.5 Å². The third-order valence-corrected chi connectivity index (χ3v) is 5.35. The van der Waals surface area contributed by atoms with Gasteiger partial charge in [0, 0.05) is 41.6 Å². The zero-order valence-corrected chi connectivity index (χ0v) is 16.2. The lowest BCUT2D eigenvalue weighted by Gasteiger charge is -2.11. The number of fused-ring (bicyclic) bond motifs is 2. The molecule has 0 fully saturated rings. The Balaban J connectivity index is 1.64. The minimum Gasteiger partial charge on any atom is -0.493 e. The van der Waals surface area contributed by atoms with E-state index in [1.54, 1.807) is 0 Å². The van der Waals surface area contributed by atoms with Gasteiger partial charge in [-0.15, -0.1) is 0 Å². The predicted octanol–water partition coefficient (Wildman–Crippen LogP) is 3.83. The number of rotatable bonds is 6. The number of ether oxygens (including phenoxy) is 1. The van der Waals surface area contributed by atoms with Gasteiger partial charge in [0.15, 0.2) is 0 Å². The van der Waals surface area contributed by atoms with Crippen LogP contribution in [-0.2, 0) is 13.0 Å². The van der Waals surface area contributed by atoms with Gasteiger partial charge >= 0.3 is 0 Å². The molecule has 0 saturated carbocycles. The van der Waals surface area contributed by atoms with E-state index in [2.05, 4.69) is 26.8 Å². The van der Waals surface area contributed by atoms with Crippen molar-refractivity contribution in [3.8, 4) is 28.3 Å². The highest BCUT2D eigenvalue weighted by Crippen LogP contribution is 2.40. The van der Waals surface area contributed by atoms with Gasteiger partial charge in [0.05, 0.1) is 17.8 Å². The first-order valence-electron chi connectivity index (χ1n) is 10.1. The van der Waals surface area contributed by atoms with Crippen LogP contribution in [0, 0.1) is 0 Å². The summed E-state index contributed by atoms with van der Waals surface area (Å²) in [6.07, 6.45) is 6.67. The number of benzene rings is 1. The van der Waals surface area contributed by atoms with Crippen molar-refractivity contribution in [3.63, 3.8) is 0 Å². The van der Waals surface area contributed by atoms with E-state index in [0.29, 0.717) is 13.2 Å². The lowest BCUT2D eigenvalue weighted by Crippen LogP contribution is -2.06. The second-order valence-electron chi connectivity index (χ2n) is 7.24. The molecule has 0 atom stereocenters. The molecule has 1 aliphatic rings. The zero-order chi connectivity index (χ0) is 19.6. The average molecular weight is 385 g/mol. The summed E-state index contributed by atoms with van der Waals surface area (Å²) >= 11 is 0. The van der Waals surface area contributed by atoms with Crippen LogP contribution in [0.5, 0.6) is 5.75 Å². The van der Waals surface area contributed by atoms with Gasteiger partial charge < -0.3 is 10.5 Å². The molecule has 2 N–H and O–H groups in total. The first-order valence-corrected chi connectivity index (χ1v) is 10.1. The molecule has 0 bridgehead atoms. The van der Waals surface area contributed by atoms with E-state index in [-0.39, 0.29) is 0 Å². The molecule has 0 amide bonds. The van der Waals surface area contributed by atoms with Crippen molar-refractivity contribution in [1.29, 1.82) is 0 Å². The normalized spacial score (nSPS) is 13.0. The minimum absolute atomic E-state index is 0.614. The van der Waals surface area contributed by atoms with Crippen LogP contribution in [-0.4, -0.2) is 32.9 Å². The standard InChI is InChI=1S/C23H23N5O/c24-10-4-14-29-16-7-8-17-18(9-12-26-20(17)15-16)22-21-6-3-13-28(21)27-23(22)19-5-1-2-11-25-19/h1-2,5,7-9,11-12,15H,3-4,6,10,13-14,24H2. The second kappa shape index (κ2) is 7.64. The first-order chi connectivity index (χ1) is 14.3. The summed E-state index contributed by atoms with van der Waals surface area (Å²) in [6, 6.07) is 14.1. The number of pyridine rings is 2. The molecular formula is C23H23N5O. The molecule has 5 rings (SSSR count). The van der Waals surface area contributed by atoms with Gasteiger partial charge in [0.1, 0.15) is 11.4 Å². The molecule has 3 aromatic heterocycles. The Morgan fingerprint density at radius 3 is 2.90 bits per heavy atom. The summed E-state index contributed by atoms with van der Waals surface area (Å²) in [5.74, 6) is 0.820. The van der Waals surface area contributed by atoms with Gasteiger partial charge in [0.2, 0.25) is 0 Å². The Labute approximate surface area is 169 Å². The maximum absolute atomic E-state index is 5.81. The quantitative estimate of drug-likeness (QED) is 0.510. The van der Waals surface area contributed by atoms with Crippen molar-refractivity contribution in [2.24, 2.45) is 5.73 Å². The van der Waals surface area contributed by atoms with Gasteiger partial charge in [0.25, 0.3) is 0 Å². The molecule has 0 aliphatic carbocycles. The largest absolute Gasteiger partial charge is 0.493 e. The Hall–Kier alpha value is -3.25. The number of hydrogen-bond donors (Lipinski definition) is 1. The fraction of sp³-hybridized carbons (Fsp3) is 0.261. The van der Waals surface area contributed by atoms with Crippen LogP contribution in [0.2, 0.25) is 0 Å². The molecule has 0 radical (unpaired) electrons. The van der Waals surface area contributed by atoms with Gasteiger partial charge in [-0.1, -0.05) is 6.07 Å². The molecular weight excluding hydrogens is 362 g/mol. The monoisotopic (exact) mass is 385 g/mol. The third kappa shape index (κ3) is 3.25. The van der Waals surface area contributed by atoms with Gasteiger partial charge in [-0.3, -0.25) is 14.6 Å². The zero-order valence-electron chi connectivity index (χ0n) is 16.2. The molecule has 29 heavy (non-hydrogen) atoms. The number of aryl methyl sites for hydroxylation is 1. The fourth-order valence-electron chi connectivity index (χ4n) is 4.01. The summed E-state index contributed by atoms with van der Waals surface area (Å²) in [4.78, 5) is 9.15. The molecule has 0 unspecified atom stereocenters. The second-order valence-corrected chi connectivity index (χ2v) is 7.24. The van der Waals surface area contributed by atoms with Crippen LogP contribution in [0.3, 0.4) is 0 Å². The molecule has 4 aromatic rings. The molecule has 6 heteroatoms. The number of hydrogen-bond acceptors (Lipinski definition) is 5. The molecule has 1 aromatic carbocycles. The average Bonchev–Trinajstić information content (AvgIpc) is 3.35. The van der Waals surface area contributed by atoms with Crippen LogP contribution in [0.4, 0.5) is 0 Å². The maximum atomic E-state index is 5.81. The van der Waals surface area contributed by atoms with E-state index in [0.717, 1.165) is 59.4 Å². The smallest absolute Gasteiger partial charge is 0.121 e. The van der Waals surface area contributed by atoms with Crippen LogP contribution >= 0.6 is 0 Å². The van der Waals surface area contributed by atoms with Crippen molar-refractivity contribution in [1.82, 2.24) is 19.7 Å². The first kappa shape index (κ1) is 17.8. The van der Waals surface area contributed by atoms with Crippen molar-refractivity contribution in [2.75, 3.05) is 13.2 Å². The van der Waals surface area contributed by atoms with Crippen molar-refractivity contribution >= 4 is 10.9 Å². The summed E-state index contributed by atoms with van der Waals surface area (Å²) in [6.45, 7) is 2.19. The van der Waals surface area contributed by atoms with Crippen LogP contribution in [0.25, 0.3) is 33.4 Å². The highest BCUT2D eigenvalue weighted by molar-refractivity contribution is 5.99. The topological polar surface area (TPSA) is 78.9 Å². The van der Waals surface area contributed by atoms with E-state index in [4.69, 9.17) is 15.6 Å². The number of nitrogens with zero attached hydrogens (tertiary/aromatic N) is 4. The van der Waals surface area contributed by atoms with E-state index >= 15 is 0 Å². The number of aromatic nitrogens is 4. The SMILES string of the molecule is NCCCOc1ccc2c(-c3c(-c4ccccn4)nn4c3CCC4)ccnc2c1. The Kier molecular flexibility index (Phi) is 4.69. The van der Waals surface area contributed by atoms with Crippen molar-refractivity contribution in [2.45, 2.75) is 25.8 Å². The van der Waals surface area contributed by atoms with E-state index in [1.807, 2.05) is 42.7 Å². The Morgan fingerprint density at radius 1 is 1.07 bits per heavy atom. The Bertz CT molecular complexity index is 1150. The van der Waals surface area contributed by atoms with E-state index in [1.165, 1.54) is 11.3 Å². The molecule has 0 saturated heterocycles. The van der Waals surface area contributed by atoms with Crippen molar-refractivity contribution < 1.29 is 4.74 Å². The van der Waals surface area contributed by atoms with Crippen LogP contribution in [0.1, 0.15) is 18.5 Å². The highest BCUT2D eigenvalue weighted by atomic mass is 16.5. The lowest BCUT2D eigenvalue weighted by atomic mass is 9.96. The summed E-state index contributed by atoms with van der Waals surface area (Å²) in [5.41, 5.74) is 11.9. The van der Waals surface area contributed by atoms with E-state index < -0.39 is 0 Å².